The van der Waals surface area contributed by atoms with Gasteiger partial charge < -0.3 is 5.32 Å². The molecule has 2 atom stereocenters. The molecule has 0 aliphatic carbocycles. The molecule has 1 fully saturated rings. The molecule has 0 radical (unpaired) electrons. The van der Waals surface area contributed by atoms with Crippen molar-refractivity contribution in [2.75, 3.05) is 31.6 Å². The van der Waals surface area contributed by atoms with E-state index >= 15 is 0 Å². The summed E-state index contributed by atoms with van der Waals surface area (Å²) in [4.78, 5) is 2.63. The fourth-order valence-corrected chi connectivity index (χ4v) is 2.65. The first-order valence-corrected chi connectivity index (χ1v) is 7.13. The molecule has 0 spiro atoms. The average Bonchev–Trinajstić information content (AvgIpc) is 2.17. The molecule has 0 amide bonds. The maximum atomic E-state index is 3.56. The molecule has 3 heteroatoms. The predicted octanol–water partition coefficient (Wildman–Crippen LogP) is 1.81. The Balaban J connectivity index is 2.24. The van der Waals surface area contributed by atoms with Crippen molar-refractivity contribution in [1.82, 2.24) is 10.2 Å². The van der Waals surface area contributed by atoms with Crippen molar-refractivity contribution in [1.29, 1.82) is 0 Å². The summed E-state index contributed by atoms with van der Waals surface area (Å²) >= 11 is 1.95. The summed E-state index contributed by atoms with van der Waals surface area (Å²) in [6.45, 7) is 8.22. The first kappa shape index (κ1) is 12.3. The Morgan fingerprint density at radius 2 is 2.29 bits per heavy atom. The second-order valence-corrected chi connectivity index (χ2v) is 5.14. The molecule has 0 aromatic heterocycles. The second-order valence-electron chi connectivity index (χ2n) is 4.16. The molecule has 1 saturated heterocycles. The minimum atomic E-state index is 0.764. The van der Waals surface area contributed by atoms with Gasteiger partial charge in [0.25, 0.3) is 0 Å². The van der Waals surface area contributed by atoms with Crippen molar-refractivity contribution in [3.63, 3.8) is 0 Å². The van der Waals surface area contributed by atoms with Gasteiger partial charge in [-0.1, -0.05) is 6.92 Å². The third-order valence-electron chi connectivity index (χ3n) is 3.09. The van der Waals surface area contributed by atoms with Crippen LogP contribution in [0.2, 0.25) is 0 Å². The van der Waals surface area contributed by atoms with E-state index in [1.54, 1.807) is 0 Å². The molecule has 0 aromatic carbocycles. The van der Waals surface area contributed by atoms with Crippen LogP contribution in [-0.2, 0) is 0 Å². The van der Waals surface area contributed by atoms with Crippen LogP contribution in [0.5, 0.6) is 0 Å². The molecular formula is C11H24N2S. The molecule has 2 nitrogen and oxygen atoms in total. The number of nitrogens with one attached hydrogen (secondary N) is 1. The molecule has 0 aromatic rings. The number of likely N-dealkylation sites (tertiary alicyclic amines) is 1. The molecular weight excluding hydrogens is 192 g/mol. The van der Waals surface area contributed by atoms with Gasteiger partial charge in [-0.2, -0.15) is 11.8 Å². The van der Waals surface area contributed by atoms with Crippen molar-refractivity contribution in [3.05, 3.63) is 0 Å². The van der Waals surface area contributed by atoms with E-state index in [1.807, 2.05) is 11.8 Å². The van der Waals surface area contributed by atoms with Crippen LogP contribution in [0.25, 0.3) is 0 Å². The molecule has 1 rings (SSSR count). The van der Waals surface area contributed by atoms with Gasteiger partial charge in [0.1, 0.15) is 0 Å². The number of hydrogen-bond donors (Lipinski definition) is 1. The van der Waals surface area contributed by atoms with Gasteiger partial charge in [0.15, 0.2) is 0 Å². The van der Waals surface area contributed by atoms with E-state index in [-0.39, 0.29) is 0 Å². The van der Waals surface area contributed by atoms with Crippen LogP contribution in [0.15, 0.2) is 0 Å². The third kappa shape index (κ3) is 3.79. The number of thioether (sulfide) groups is 1. The Labute approximate surface area is 92.8 Å². The van der Waals surface area contributed by atoms with Crippen LogP contribution in [-0.4, -0.2) is 48.6 Å². The van der Waals surface area contributed by atoms with Gasteiger partial charge >= 0.3 is 0 Å². The highest BCUT2D eigenvalue weighted by Gasteiger charge is 2.23. The number of hydrogen-bond acceptors (Lipinski definition) is 3. The molecule has 2 unspecified atom stereocenters. The summed E-state index contributed by atoms with van der Waals surface area (Å²) in [6, 6.07) is 1.53. The van der Waals surface area contributed by atoms with E-state index in [2.05, 4.69) is 30.3 Å². The van der Waals surface area contributed by atoms with Crippen molar-refractivity contribution in [2.24, 2.45) is 0 Å². The normalized spacial score (nSPS) is 29.4. The minimum absolute atomic E-state index is 0.764. The lowest BCUT2D eigenvalue weighted by Gasteiger charge is -2.37. The summed E-state index contributed by atoms with van der Waals surface area (Å²) in [7, 11) is 0. The highest BCUT2D eigenvalue weighted by molar-refractivity contribution is 7.98. The third-order valence-corrected chi connectivity index (χ3v) is 3.68. The Morgan fingerprint density at radius 3 is 2.86 bits per heavy atom. The van der Waals surface area contributed by atoms with E-state index in [1.165, 1.54) is 31.7 Å². The minimum Gasteiger partial charge on any atom is -0.314 e. The van der Waals surface area contributed by atoms with Crippen molar-refractivity contribution >= 4 is 11.8 Å². The smallest absolute Gasteiger partial charge is 0.00939 e. The quantitative estimate of drug-likeness (QED) is 0.754. The first-order valence-electron chi connectivity index (χ1n) is 5.74. The molecule has 1 heterocycles. The summed E-state index contributed by atoms with van der Waals surface area (Å²) in [5.74, 6) is 1.27. The van der Waals surface area contributed by atoms with Crippen LogP contribution < -0.4 is 5.32 Å². The molecule has 1 aliphatic rings. The number of rotatable bonds is 5. The molecule has 14 heavy (non-hydrogen) atoms. The standard InChI is InChI=1S/C11H24N2S/c1-4-12-11-5-6-13(7-8-14-3)10(2)9-11/h10-12H,4-9H2,1-3H3. The number of nitrogens with zero attached hydrogens (tertiary/aromatic N) is 1. The Morgan fingerprint density at radius 1 is 1.50 bits per heavy atom. The average molecular weight is 216 g/mol. The zero-order valence-electron chi connectivity index (χ0n) is 9.75. The second kappa shape index (κ2) is 6.70. The van der Waals surface area contributed by atoms with E-state index in [9.17, 15) is 0 Å². The number of piperidine rings is 1. The van der Waals surface area contributed by atoms with Crippen molar-refractivity contribution in [2.45, 2.75) is 38.8 Å². The zero-order valence-corrected chi connectivity index (χ0v) is 10.6. The predicted molar refractivity (Wildman–Crippen MR) is 66.1 cm³/mol. The lowest BCUT2D eigenvalue weighted by Crippen LogP contribution is -2.47. The van der Waals surface area contributed by atoms with Crippen molar-refractivity contribution < 1.29 is 0 Å². The lowest BCUT2D eigenvalue weighted by atomic mass is 9.98. The topological polar surface area (TPSA) is 15.3 Å². The molecule has 0 saturated carbocycles. The highest BCUT2D eigenvalue weighted by Crippen LogP contribution is 2.17. The Hall–Kier alpha value is 0.270. The van der Waals surface area contributed by atoms with Gasteiger partial charge in [0.2, 0.25) is 0 Å². The fourth-order valence-electron chi connectivity index (χ4n) is 2.24. The van der Waals surface area contributed by atoms with Crippen LogP contribution in [0.3, 0.4) is 0 Å². The molecule has 84 valence electrons. The summed E-state index contributed by atoms with van der Waals surface area (Å²) in [5.41, 5.74) is 0. The van der Waals surface area contributed by atoms with Crippen LogP contribution in [0, 0.1) is 0 Å². The molecule has 1 aliphatic heterocycles. The summed E-state index contributed by atoms with van der Waals surface area (Å²) in [5, 5.41) is 3.56. The highest BCUT2D eigenvalue weighted by atomic mass is 32.2. The monoisotopic (exact) mass is 216 g/mol. The van der Waals surface area contributed by atoms with Crippen LogP contribution in [0.1, 0.15) is 26.7 Å². The maximum absolute atomic E-state index is 3.56. The summed E-state index contributed by atoms with van der Waals surface area (Å²) < 4.78 is 0. The van der Waals surface area contributed by atoms with Gasteiger partial charge in [-0.25, -0.2) is 0 Å². The van der Waals surface area contributed by atoms with E-state index < -0.39 is 0 Å². The van der Waals surface area contributed by atoms with Gasteiger partial charge in [0.05, 0.1) is 0 Å². The van der Waals surface area contributed by atoms with Crippen LogP contribution in [0.4, 0.5) is 0 Å². The van der Waals surface area contributed by atoms with E-state index in [0.29, 0.717) is 0 Å². The van der Waals surface area contributed by atoms with E-state index in [4.69, 9.17) is 0 Å². The largest absolute Gasteiger partial charge is 0.314 e. The van der Waals surface area contributed by atoms with Gasteiger partial charge in [-0.05, 0) is 39.1 Å². The maximum Gasteiger partial charge on any atom is 0.00939 e. The Bertz CT molecular complexity index is 152. The first-order chi connectivity index (χ1) is 6.77. The SMILES string of the molecule is CCNC1CCN(CCSC)C(C)C1. The van der Waals surface area contributed by atoms with Crippen molar-refractivity contribution in [3.8, 4) is 0 Å². The molecule has 0 bridgehead atoms. The van der Waals surface area contributed by atoms with Gasteiger partial charge in [0, 0.05) is 24.4 Å². The van der Waals surface area contributed by atoms with Gasteiger partial charge in [-0.3, -0.25) is 4.90 Å². The van der Waals surface area contributed by atoms with Crippen LogP contribution >= 0.6 is 11.8 Å². The summed E-state index contributed by atoms with van der Waals surface area (Å²) in [6.07, 6.45) is 4.84. The zero-order chi connectivity index (χ0) is 10.4. The van der Waals surface area contributed by atoms with Gasteiger partial charge in [-0.15, -0.1) is 0 Å². The van der Waals surface area contributed by atoms with E-state index in [0.717, 1.165) is 18.6 Å². The molecule has 1 N–H and O–H groups in total. The fraction of sp³-hybridized carbons (Fsp3) is 1.00. The lowest BCUT2D eigenvalue weighted by molar-refractivity contribution is 0.145. The Kier molecular flexibility index (Phi) is 5.90.